The average molecular weight is 359 g/mol. The molecule has 19 heavy (non-hydrogen) atoms. The van der Waals surface area contributed by atoms with Gasteiger partial charge in [0.05, 0.1) is 20.7 Å². The highest BCUT2D eigenvalue weighted by molar-refractivity contribution is 9.10. The van der Waals surface area contributed by atoms with Crippen LogP contribution in [-0.2, 0) is 11.0 Å². The van der Waals surface area contributed by atoms with Crippen molar-refractivity contribution in [3.63, 3.8) is 0 Å². The molecule has 3 nitrogen and oxygen atoms in total. The lowest BCUT2D eigenvalue weighted by molar-refractivity contribution is 0.650. The van der Waals surface area contributed by atoms with E-state index in [4.69, 9.17) is 0 Å². The van der Waals surface area contributed by atoms with E-state index in [1.54, 1.807) is 11.3 Å². The number of rotatable bonds is 2. The molecule has 0 unspecified atom stereocenters. The van der Waals surface area contributed by atoms with Gasteiger partial charge in [-0.05, 0) is 45.9 Å². The van der Waals surface area contributed by atoms with Crippen molar-refractivity contribution in [2.75, 3.05) is 0 Å². The highest BCUT2D eigenvalue weighted by Gasteiger charge is 2.20. The Kier molecular flexibility index (Phi) is 4.23. The number of aromatic nitrogens is 1. The molecule has 0 radical (unpaired) electrons. The Bertz CT molecular complexity index is 671. The number of fused-ring (bicyclic) bond motifs is 1. The number of thiazole rings is 1. The van der Waals surface area contributed by atoms with Gasteiger partial charge in [-0.15, -0.1) is 11.3 Å². The Hall–Kier alpha value is -0.590. The topological polar surface area (TPSA) is 42.3 Å². The lowest BCUT2D eigenvalue weighted by Gasteiger charge is -2.13. The molecule has 0 bridgehead atoms. The number of hydrogen-bond acceptors (Lipinski definition) is 3. The summed E-state index contributed by atoms with van der Waals surface area (Å²) in [6.07, 6.45) is 0. The smallest absolute Gasteiger partial charge is 0.145 e. The zero-order valence-electron chi connectivity index (χ0n) is 11.2. The van der Waals surface area contributed by atoms with Gasteiger partial charge in [0.1, 0.15) is 16.0 Å². The van der Waals surface area contributed by atoms with Crippen LogP contribution in [-0.4, -0.2) is 19.7 Å². The maximum atomic E-state index is 12.0. The van der Waals surface area contributed by atoms with Crippen LogP contribution < -0.4 is 0 Å². The largest absolute Gasteiger partial charge is 0.235 e. The predicted octanol–water partition coefficient (Wildman–Crippen LogP) is 4.33. The van der Waals surface area contributed by atoms with Crippen LogP contribution in [0.15, 0.2) is 27.1 Å². The maximum absolute atomic E-state index is 12.0. The molecule has 0 saturated heterocycles. The molecule has 0 N–H and O–H groups in total. The van der Waals surface area contributed by atoms with Crippen molar-refractivity contribution in [2.24, 2.45) is 4.40 Å². The quantitative estimate of drug-likeness (QED) is 0.749. The molecule has 0 aliphatic heterocycles. The van der Waals surface area contributed by atoms with E-state index < -0.39 is 11.0 Å². The van der Waals surface area contributed by atoms with Gasteiger partial charge in [-0.25, -0.2) is 9.19 Å². The van der Waals surface area contributed by atoms with Crippen molar-refractivity contribution in [1.82, 2.24) is 4.98 Å². The van der Waals surface area contributed by atoms with E-state index in [-0.39, 0.29) is 4.75 Å². The van der Waals surface area contributed by atoms with E-state index in [0.29, 0.717) is 0 Å². The number of nitrogens with zero attached hydrogens (tertiary/aromatic N) is 2. The Balaban J connectivity index is 2.39. The minimum absolute atomic E-state index is 0.346. The molecule has 0 amide bonds. The van der Waals surface area contributed by atoms with Crippen LogP contribution in [0.25, 0.3) is 10.2 Å². The molecule has 1 aromatic heterocycles. The Morgan fingerprint density at radius 3 is 2.74 bits per heavy atom. The maximum Gasteiger partial charge on any atom is 0.145 e. The van der Waals surface area contributed by atoms with E-state index in [1.165, 1.54) is 0 Å². The first-order chi connectivity index (χ1) is 8.77. The summed E-state index contributed by atoms with van der Waals surface area (Å²) < 4.78 is 18.1. The van der Waals surface area contributed by atoms with Gasteiger partial charge in [0.2, 0.25) is 0 Å². The van der Waals surface area contributed by atoms with Crippen molar-refractivity contribution in [1.29, 1.82) is 0 Å². The van der Waals surface area contributed by atoms with Gasteiger partial charge in [-0.2, -0.15) is 4.40 Å². The van der Waals surface area contributed by atoms with Gasteiger partial charge < -0.3 is 0 Å². The molecule has 6 heteroatoms. The summed E-state index contributed by atoms with van der Waals surface area (Å²) in [5, 5.41) is 0.825. The van der Waals surface area contributed by atoms with E-state index in [1.807, 2.05) is 45.9 Å². The zero-order valence-corrected chi connectivity index (χ0v) is 14.4. The first kappa shape index (κ1) is 14.8. The fourth-order valence-corrected chi connectivity index (χ4v) is 3.48. The van der Waals surface area contributed by atoms with E-state index >= 15 is 0 Å². The molecule has 0 spiro atoms. The standard InChI is InChI=1S/C13H15BrN2OS2/c1-8(16-19(17)13(2,3)4)12-15-10-6-5-9(14)7-11(10)18-12/h5-7H,1-4H3/t19-/m1/s1. The first-order valence-electron chi connectivity index (χ1n) is 5.81. The Morgan fingerprint density at radius 2 is 2.11 bits per heavy atom. The Labute approximate surface area is 127 Å². The van der Waals surface area contributed by atoms with Gasteiger partial charge in [-0.1, -0.05) is 15.9 Å². The van der Waals surface area contributed by atoms with Crippen LogP contribution in [0.3, 0.4) is 0 Å². The normalized spacial score (nSPS) is 14.9. The molecule has 1 heterocycles. The van der Waals surface area contributed by atoms with Crippen LogP contribution in [0.1, 0.15) is 32.7 Å². The highest BCUT2D eigenvalue weighted by atomic mass is 79.9. The van der Waals surface area contributed by atoms with Crippen molar-refractivity contribution in [3.8, 4) is 0 Å². The number of hydrogen-bond donors (Lipinski definition) is 0. The van der Waals surface area contributed by atoms with Crippen LogP contribution in [0.5, 0.6) is 0 Å². The molecule has 102 valence electrons. The number of benzene rings is 1. The van der Waals surface area contributed by atoms with E-state index in [9.17, 15) is 4.21 Å². The number of halogens is 1. The fraction of sp³-hybridized carbons (Fsp3) is 0.385. The average Bonchev–Trinajstić information content (AvgIpc) is 2.70. The molecular weight excluding hydrogens is 344 g/mol. The van der Waals surface area contributed by atoms with Crippen LogP contribution in [0.4, 0.5) is 0 Å². The van der Waals surface area contributed by atoms with Gasteiger partial charge in [0.15, 0.2) is 0 Å². The molecule has 2 aromatic rings. The molecule has 0 fully saturated rings. The third-order valence-electron chi connectivity index (χ3n) is 2.40. The minimum atomic E-state index is -1.25. The Morgan fingerprint density at radius 1 is 1.42 bits per heavy atom. The summed E-state index contributed by atoms with van der Waals surface area (Å²) in [5.74, 6) is 0. The van der Waals surface area contributed by atoms with E-state index in [2.05, 4.69) is 25.3 Å². The molecule has 0 aliphatic carbocycles. The molecule has 1 atom stereocenters. The summed E-state index contributed by atoms with van der Waals surface area (Å²) >= 11 is 5.01. The van der Waals surface area contributed by atoms with Gasteiger partial charge >= 0.3 is 0 Å². The summed E-state index contributed by atoms with van der Waals surface area (Å²) in [4.78, 5) is 4.52. The van der Waals surface area contributed by atoms with Gasteiger partial charge in [0, 0.05) is 4.47 Å². The fourth-order valence-electron chi connectivity index (χ4n) is 1.35. The van der Waals surface area contributed by atoms with Gasteiger partial charge in [-0.3, -0.25) is 0 Å². The summed E-state index contributed by atoms with van der Waals surface area (Å²) in [5.41, 5.74) is 1.67. The van der Waals surface area contributed by atoms with Crippen molar-refractivity contribution >= 4 is 54.2 Å². The zero-order chi connectivity index (χ0) is 14.2. The van der Waals surface area contributed by atoms with Crippen molar-refractivity contribution in [2.45, 2.75) is 32.4 Å². The lowest BCUT2D eigenvalue weighted by atomic mass is 10.3. The molecule has 2 rings (SSSR count). The molecular formula is C13H15BrN2OS2. The SMILES string of the molecule is CC(=N[S@](=O)C(C)(C)C)c1nc2ccc(Br)cc2s1. The molecule has 0 aliphatic rings. The van der Waals surface area contributed by atoms with Crippen LogP contribution >= 0.6 is 27.3 Å². The van der Waals surface area contributed by atoms with Crippen molar-refractivity contribution in [3.05, 3.63) is 27.7 Å². The monoisotopic (exact) mass is 358 g/mol. The predicted molar refractivity (Wildman–Crippen MR) is 87.4 cm³/mol. The summed E-state index contributed by atoms with van der Waals surface area (Å²) in [6, 6.07) is 5.96. The van der Waals surface area contributed by atoms with Crippen LogP contribution in [0, 0.1) is 0 Å². The second kappa shape index (κ2) is 5.42. The second-order valence-electron chi connectivity index (χ2n) is 5.17. The second-order valence-corrected chi connectivity index (χ2v) is 9.02. The third-order valence-corrected chi connectivity index (χ3v) is 5.51. The minimum Gasteiger partial charge on any atom is -0.235 e. The third kappa shape index (κ3) is 3.49. The summed E-state index contributed by atoms with van der Waals surface area (Å²) in [6.45, 7) is 7.59. The van der Waals surface area contributed by atoms with Gasteiger partial charge in [0.25, 0.3) is 0 Å². The van der Waals surface area contributed by atoms with Crippen molar-refractivity contribution < 1.29 is 4.21 Å². The van der Waals surface area contributed by atoms with Crippen LogP contribution in [0.2, 0.25) is 0 Å². The summed E-state index contributed by atoms with van der Waals surface area (Å²) in [7, 11) is -1.25. The van der Waals surface area contributed by atoms with E-state index in [0.717, 1.165) is 25.4 Å². The molecule has 0 saturated carbocycles. The lowest BCUT2D eigenvalue weighted by Crippen LogP contribution is -2.20. The molecule has 1 aromatic carbocycles. The first-order valence-corrected chi connectivity index (χ1v) is 8.53. The highest BCUT2D eigenvalue weighted by Crippen LogP contribution is 2.26.